The number of carbonyl (C=O) groups is 2. The van der Waals surface area contributed by atoms with Gasteiger partial charge in [-0.15, -0.1) is 0 Å². The topological polar surface area (TPSA) is 62.3 Å². The molecular formula is C21H23N3O2. The number of nitrogens with one attached hydrogen (secondary N) is 1. The third-order valence-corrected chi connectivity index (χ3v) is 5.53. The number of pyridine rings is 1. The lowest BCUT2D eigenvalue weighted by Gasteiger charge is -2.29. The number of hydrogen-bond donors (Lipinski definition) is 1. The van der Waals surface area contributed by atoms with Crippen molar-refractivity contribution in [2.75, 3.05) is 11.9 Å². The van der Waals surface area contributed by atoms with Crippen LogP contribution in [-0.4, -0.2) is 23.8 Å². The summed E-state index contributed by atoms with van der Waals surface area (Å²) < 4.78 is 0. The zero-order chi connectivity index (χ0) is 18.3. The van der Waals surface area contributed by atoms with Gasteiger partial charge >= 0.3 is 0 Å². The summed E-state index contributed by atoms with van der Waals surface area (Å²) in [7, 11) is 1.85. The number of benzene rings is 1. The van der Waals surface area contributed by atoms with E-state index in [2.05, 4.69) is 28.5 Å². The molecule has 0 spiro atoms. The van der Waals surface area contributed by atoms with Gasteiger partial charge in [0.2, 0.25) is 11.8 Å². The van der Waals surface area contributed by atoms with Gasteiger partial charge in [0.25, 0.3) is 0 Å². The lowest BCUT2D eigenvalue weighted by atomic mass is 9.91. The molecule has 0 saturated heterocycles. The lowest BCUT2D eigenvalue weighted by Crippen LogP contribution is -2.31. The minimum atomic E-state index is 0.0313. The predicted octanol–water partition coefficient (Wildman–Crippen LogP) is 3.17. The van der Waals surface area contributed by atoms with Gasteiger partial charge in [0.05, 0.1) is 11.7 Å². The van der Waals surface area contributed by atoms with Crippen LogP contribution >= 0.6 is 0 Å². The minimum absolute atomic E-state index is 0.0313. The van der Waals surface area contributed by atoms with Crippen molar-refractivity contribution in [3.8, 4) is 11.1 Å². The van der Waals surface area contributed by atoms with E-state index in [1.165, 1.54) is 11.1 Å². The van der Waals surface area contributed by atoms with Crippen molar-refractivity contribution in [1.29, 1.82) is 0 Å². The molecule has 1 N–H and O–H groups in total. The Bertz CT molecular complexity index is 891. The Labute approximate surface area is 153 Å². The smallest absolute Gasteiger partial charge is 0.227 e. The molecule has 5 heteroatoms. The zero-order valence-corrected chi connectivity index (χ0v) is 15.2. The Morgan fingerprint density at radius 3 is 2.88 bits per heavy atom. The summed E-state index contributed by atoms with van der Waals surface area (Å²) in [4.78, 5) is 30.3. The monoisotopic (exact) mass is 349 g/mol. The molecule has 1 aromatic heterocycles. The molecule has 1 aliphatic heterocycles. The fourth-order valence-electron chi connectivity index (χ4n) is 4.15. The molecule has 0 fully saturated rings. The number of hydrogen-bond acceptors (Lipinski definition) is 3. The zero-order valence-electron chi connectivity index (χ0n) is 15.2. The van der Waals surface area contributed by atoms with Crippen LogP contribution in [0, 0.1) is 0 Å². The highest BCUT2D eigenvalue weighted by Crippen LogP contribution is 2.42. The highest BCUT2D eigenvalue weighted by atomic mass is 16.2. The first-order chi connectivity index (χ1) is 12.6. The van der Waals surface area contributed by atoms with Crippen LogP contribution in [-0.2, 0) is 22.4 Å². The number of amides is 2. The Hall–Kier alpha value is -2.69. The second-order valence-electron chi connectivity index (χ2n) is 7.03. The molecule has 2 aromatic rings. The number of fused-ring (bicyclic) bond motifs is 2. The van der Waals surface area contributed by atoms with Crippen LogP contribution in [0.1, 0.15) is 48.9 Å². The summed E-state index contributed by atoms with van der Waals surface area (Å²) in [6.07, 6.45) is 7.39. The molecule has 0 saturated carbocycles. The number of para-hydroxylation sites is 1. The van der Waals surface area contributed by atoms with Gasteiger partial charge in [0, 0.05) is 43.4 Å². The fraction of sp³-hybridized carbons (Fsp3) is 0.381. The third kappa shape index (κ3) is 2.68. The number of aromatic nitrogens is 1. The van der Waals surface area contributed by atoms with Crippen molar-refractivity contribution in [3.63, 3.8) is 0 Å². The number of rotatable bonds is 3. The van der Waals surface area contributed by atoms with Gasteiger partial charge in [-0.1, -0.05) is 25.1 Å². The van der Waals surface area contributed by atoms with Crippen molar-refractivity contribution in [2.24, 2.45) is 0 Å². The van der Waals surface area contributed by atoms with Crippen LogP contribution < -0.4 is 10.2 Å². The van der Waals surface area contributed by atoms with Crippen LogP contribution in [0.2, 0.25) is 0 Å². The van der Waals surface area contributed by atoms with Crippen molar-refractivity contribution in [3.05, 3.63) is 47.3 Å². The van der Waals surface area contributed by atoms with E-state index in [0.29, 0.717) is 12.8 Å². The number of nitrogens with zero attached hydrogens (tertiary/aromatic N) is 2. The average Bonchev–Trinajstić information content (AvgIpc) is 3.07. The molecule has 26 heavy (non-hydrogen) atoms. The van der Waals surface area contributed by atoms with E-state index in [1.54, 1.807) is 4.90 Å². The van der Waals surface area contributed by atoms with E-state index in [1.807, 2.05) is 26.4 Å². The van der Waals surface area contributed by atoms with E-state index in [9.17, 15) is 9.59 Å². The summed E-state index contributed by atoms with van der Waals surface area (Å²) in [5, 5.41) is 3.10. The Balaban J connectivity index is 1.80. The normalized spacial score (nSPS) is 18.5. The molecule has 2 amide bonds. The van der Waals surface area contributed by atoms with Crippen molar-refractivity contribution in [1.82, 2.24) is 10.3 Å². The van der Waals surface area contributed by atoms with E-state index >= 15 is 0 Å². The van der Waals surface area contributed by atoms with Gasteiger partial charge in [0.1, 0.15) is 0 Å². The number of anilines is 1. The van der Waals surface area contributed by atoms with Crippen molar-refractivity contribution in [2.45, 2.75) is 45.1 Å². The molecule has 0 radical (unpaired) electrons. The molecule has 5 nitrogen and oxygen atoms in total. The number of aryl methyl sites for hydroxylation is 1. The molecule has 0 bridgehead atoms. The van der Waals surface area contributed by atoms with Crippen molar-refractivity contribution < 1.29 is 9.59 Å². The Morgan fingerprint density at radius 2 is 2.08 bits per heavy atom. The summed E-state index contributed by atoms with van der Waals surface area (Å²) >= 11 is 0. The minimum Gasteiger partial charge on any atom is -0.349 e. The average molecular weight is 349 g/mol. The SMILES string of the molecule is CCC(=O)N[C@H]1CCc2c(-c3cccc4c3N(C)C(=O)CC4)cncc21. The molecule has 134 valence electrons. The highest BCUT2D eigenvalue weighted by molar-refractivity contribution is 6.01. The first-order valence-corrected chi connectivity index (χ1v) is 9.25. The second kappa shape index (κ2) is 6.56. The Kier molecular flexibility index (Phi) is 4.23. The van der Waals surface area contributed by atoms with Gasteiger partial charge in [-0.25, -0.2) is 0 Å². The van der Waals surface area contributed by atoms with E-state index < -0.39 is 0 Å². The van der Waals surface area contributed by atoms with E-state index in [-0.39, 0.29) is 17.9 Å². The highest BCUT2D eigenvalue weighted by Gasteiger charge is 2.29. The molecular weight excluding hydrogens is 326 g/mol. The maximum atomic E-state index is 12.2. The molecule has 4 rings (SSSR count). The second-order valence-corrected chi connectivity index (χ2v) is 7.03. The summed E-state index contributed by atoms with van der Waals surface area (Å²) in [6, 6.07) is 6.26. The van der Waals surface area contributed by atoms with E-state index in [0.717, 1.165) is 41.6 Å². The standard InChI is InChI=1S/C21H23N3O2/c1-3-19(25)23-18-9-8-14-16(11-22-12-17(14)18)15-6-4-5-13-7-10-20(26)24(2)21(13)15/h4-6,11-12,18H,3,7-10H2,1-2H3,(H,23,25)/t18-/m0/s1. The first-order valence-electron chi connectivity index (χ1n) is 9.25. The van der Waals surface area contributed by atoms with Gasteiger partial charge < -0.3 is 10.2 Å². The quantitative estimate of drug-likeness (QED) is 0.926. The van der Waals surface area contributed by atoms with E-state index in [4.69, 9.17) is 0 Å². The summed E-state index contributed by atoms with van der Waals surface area (Å²) in [5.41, 5.74) is 6.68. The summed E-state index contributed by atoms with van der Waals surface area (Å²) in [6.45, 7) is 1.86. The number of carbonyl (C=O) groups excluding carboxylic acids is 2. The Morgan fingerprint density at radius 1 is 1.23 bits per heavy atom. The van der Waals surface area contributed by atoms with Gasteiger partial charge in [-0.2, -0.15) is 0 Å². The third-order valence-electron chi connectivity index (χ3n) is 5.53. The van der Waals surface area contributed by atoms with Crippen LogP contribution in [0.15, 0.2) is 30.6 Å². The molecule has 2 heterocycles. The largest absolute Gasteiger partial charge is 0.349 e. The molecule has 2 aliphatic rings. The lowest BCUT2D eigenvalue weighted by molar-refractivity contribution is -0.121. The fourth-order valence-corrected chi connectivity index (χ4v) is 4.15. The molecule has 1 aromatic carbocycles. The van der Waals surface area contributed by atoms with Gasteiger partial charge in [-0.05, 0) is 36.0 Å². The van der Waals surface area contributed by atoms with Crippen LogP contribution in [0.3, 0.4) is 0 Å². The summed E-state index contributed by atoms with van der Waals surface area (Å²) in [5.74, 6) is 0.217. The van der Waals surface area contributed by atoms with Crippen molar-refractivity contribution >= 4 is 17.5 Å². The molecule has 1 atom stereocenters. The van der Waals surface area contributed by atoms with Gasteiger partial charge in [0.15, 0.2) is 0 Å². The molecule has 0 unspecified atom stereocenters. The maximum absolute atomic E-state index is 12.2. The maximum Gasteiger partial charge on any atom is 0.227 e. The van der Waals surface area contributed by atoms with Crippen LogP contribution in [0.4, 0.5) is 5.69 Å². The predicted molar refractivity (Wildman–Crippen MR) is 101 cm³/mol. The first kappa shape index (κ1) is 16.8. The van der Waals surface area contributed by atoms with Gasteiger partial charge in [-0.3, -0.25) is 14.6 Å². The van der Waals surface area contributed by atoms with Crippen LogP contribution in [0.5, 0.6) is 0 Å². The van der Waals surface area contributed by atoms with Crippen LogP contribution in [0.25, 0.3) is 11.1 Å². The molecule has 1 aliphatic carbocycles.